The number of ether oxygens (including phenoxy) is 2. The van der Waals surface area contributed by atoms with Crippen molar-refractivity contribution in [2.24, 2.45) is 0 Å². The van der Waals surface area contributed by atoms with Gasteiger partial charge < -0.3 is 9.47 Å². The van der Waals surface area contributed by atoms with Gasteiger partial charge in [0.15, 0.2) is 0 Å². The van der Waals surface area contributed by atoms with Gasteiger partial charge in [0, 0.05) is 0 Å². The summed E-state index contributed by atoms with van der Waals surface area (Å²) >= 11 is 0. The highest BCUT2D eigenvalue weighted by Crippen LogP contribution is 2.23. The number of benzene rings is 1. The van der Waals surface area contributed by atoms with Crippen LogP contribution in [0.15, 0.2) is 24.3 Å². The number of methoxy groups -OCH3 is 2. The third-order valence-corrected chi connectivity index (χ3v) is 2.30. The van der Waals surface area contributed by atoms with Gasteiger partial charge in [0.1, 0.15) is 5.75 Å². The quantitative estimate of drug-likeness (QED) is 0.725. The Morgan fingerprint density at radius 1 is 1.38 bits per heavy atom. The van der Waals surface area contributed by atoms with Crippen LogP contribution in [0.25, 0.3) is 0 Å². The first-order valence-corrected chi connectivity index (χ1v) is 4.81. The highest BCUT2D eigenvalue weighted by Gasteiger charge is 2.20. The summed E-state index contributed by atoms with van der Waals surface area (Å²) in [6, 6.07) is 9.01. The minimum Gasteiger partial charge on any atom is -0.497 e. The molecule has 1 rings (SSSR count). The van der Waals surface area contributed by atoms with Gasteiger partial charge in [-0.15, -0.1) is 0 Å². The Labute approximate surface area is 94.4 Å². The Bertz CT molecular complexity index is 392. The van der Waals surface area contributed by atoms with Crippen LogP contribution in [0.3, 0.4) is 0 Å². The highest BCUT2D eigenvalue weighted by atomic mass is 16.5. The van der Waals surface area contributed by atoms with Gasteiger partial charge in [0.2, 0.25) is 0 Å². The molecule has 1 aromatic carbocycles. The zero-order chi connectivity index (χ0) is 12.0. The van der Waals surface area contributed by atoms with Crippen LogP contribution < -0.4 is 4.74 Å². The predicted octanol–water partition coefficient (Wildman–Crippen LogP) is 1.87. The molecule has 0 radical (unpaired) electrons. The second kappa shape index (κ2) is 5.76. The molecule has 1 aromatic rings. The summed E-state index contributed by atoms with van der Waals surface area (Å²) in [4.78, 5) is 11.5. The van der Waals surface area contributed by atoms with E-state index < -0.39 is 11.9 Å². The number of rotatable bonds is 4. The number of esters is 1. The number of hydrogen-bond acceptors (Lipinski definition) is 4. The number of nitrogens with zero attached hydrogens (tertiary/aromatic N) is 1. The fourth-order valence-electron chi connectivity index (χ4n) is 1.41. The van der Waals surface area contributed by atoms with Crippen LogP contribution in [0.2, 0.25) is 0 Å². The molecule has 0 aliphatic carbocycles. The number of nitriles is 1. The van der Waals surface area contributed by atoms with Crippen molar-refractivity contribution in [3.63, 3.8) is 0 Å². The van der Waals surface area contributed by atoms with Crippen molar-refractivity contribution in [2.75, 3.05) is 14.2 Å². The van der Waals surface area contributed by atoms with E-state index in [4.69, 9.17) is 10.00 Å². The van der Waals surface area contributed by atoms with E-state index in [-0.39, 0.29) is 6.42 Å². The summed E-state index contributed by atoms with van der Waals surface area (Å²) in [6.45, 7) is 0. The molecule has 0 fully saturated rings. The van der Waals surface area contributed by atoms with E-state index in [1.807, 2.05) is 6.07 Å². The van der Waals surface area contributed by atoms with Gasteiger partial charge >= 0.3 is 5.97 Å². The molecule has 0 saturated heterocycles. The predicted molar refractivity (Wildman–Crippen MR) is 58.0 cm³/mol. The Balaban J connectivity index is 2.93. The Morgan fingerprint density at radius 2 is 2.00 bits per heavy atom. The van der Waals surface area contributed by atoms with E-state index in [2.05, 4.69) is 4.74 Å². The summed E-state index contributed by atoms with van der Waals surface area (Å²) in [5.74, 6) is -0.211. The third kappa shape index (κ3) is 2.74. The summed E-state index contributed by atoms with van der Waals surface area (Å²) in [5.41, 5.74) is 0.759. The monoisotopic (exact) mass is 219 g/mol. The van der Waals surface area contributed by atoms with Gasteiger partial charge in [-0.2, -0.15) is 5.26 Å². The van der Waals surface area contributed by atoms with Crippen LogP contribution in [0, 0.1) is 11.3 Å². The van der Waals surface area contributed by atoms with Gasteiger partial charge in [0.25, 0.3) is 0 Å². The van der Waals surface area contributed by atoms with Gasteiger partial charge in [-0.1, -0.05) is 12.1 Å². The average molecular weight is 219 g/mol. The summed E-state index contributed by atoms with van der Waals surface area (Å²) < 4.78 is 9.67. The van der Waals surface area contributed by atoms with E-state index in [1.54, 1.807) is 31.4 Å². The maximum Gasteiger partial charge on any atom is 0.314 e. The molecule has 0 aromatic heterocycles. The lowest BCUT2D eigenvalue weighted by molar-refractivity contribution is -0.142. The number of carbonyl (C=O) groups excluding carboxylic acids is 1. The maximum atomic E-state index is 11.5. The molecule has 0 amide bonds. The second-order valence-corrected chi connectivity index (χ2v) is 3.21. The number of hydrogen-bond donors (Lipinski definition) is 0. The Morgan fingerprint density at radius 3 is 2.44 bits per heavy atom. The normalized spacial score (nSPS) is 11.3. The molecule has 0 bridgehead atoms. The first-order chi connectivity index (χ1) is 7.72. The Kier molecular flexibility index (Phi) is 4.34. The van der Waals surface area contributed by atoms with E-state index in [9.17, 15) is 4.79 Å². The molecule has 4 heteroatoms. The molecule has 84 valence electrons. The molecule has 0 spiro atoms. The lowest BCUT2D eigenvalue weighted by Gasteiger charge is -2.11. The van der Waals surface area contributed by atoms with Gasteiger partial charge in [0.05, 0.1) is 32.6 Å². The first-order valence-electron chi connectivity index (χ1n) is 4.81. The van der Waals surface area contributed by atoms with Crippen LogP contribution in [0.5, 0.6) is 5.75 Å². The largest absolute Gasteiger partial charge is 0.497 e. The van der Waals surface area contributed by atoms with Crippen molar-refractivity contribution in [3.05, 3.63) is 29.8 Å². The molecule has 0 N–H and O–H groups in total. The van der Waals surface area contributed by atoms with Crippen LogP contribution in [0.1, 0.15) is 17.9 Å². The van der Waals surface area contributed by atoms with Crippen molar-refractivity contribution in [3.8, 4) is 11.8 Å². The van der Waals surface area contributed by atoms with Gasteiger partial charge in [-0.3, -0.25) is 4.79 Å². The zero-order valence-electron chi connectivity index (χ0n) is 9.27. The molecule has 1 atom stereocenters. The van der Waals surface area contributed by atoms with Crippen LogP contribution >= 0.6 is 0 Å². The first kappa shape index (κ1) is 12.1. The highest BCUT2D eigenvalue weighted by molar-refractivity contribution is 5.78. The molecular weight excluding hydrogens is 206 g/mol. The van der Waals surface area contributed by atoms with E-state index >= 15 is 0 Å². The molecule has 0 saturated carbocycles. The van der Waals surface area contributed by atoms with Crippen LogP contribution in [-0.4, -0.2) is 20.2 Å². The van der Waals surface area contributed by atoms with E-state index in [1.165, 1.54) is 7.11 Å². The van der Waals surface area contributed by atoms with Crippen molar-refractivity contribution in [1.29, 1.82) is 5.26 Å². The van der Waals surface area contributed by atoms with Crippen molar-refractivity contribution < 1.29 is 14.3 Å². The van der Waals surface area contributed by atoms with E-state index in [0.29, 0.717) is 5.75 Å². The molecule has 0 heterocycles. The Hall–Kier alpha value is -2.02. The topological polar surface area (TPSA) is 59.3 Å². The van der Waals surface area contributed by atoms with Crippen LogP contribution in [-0.2, 0) is 9.53 Å². The molecule has 0 aliphatic heterocycles. The minimum absolute atomic E-state index is 0.110. The van der Waals surface area contributed by atoms with Gasteiger partial charge in [-0.05, 0) is 17.7 Å². The zero-order valence-corrected chi connectivity index (χ0v) is 9.27. The van der Waals surface area contributed by atoms with E-state index in [0.717, 1.165) is 5.56 Å². The summed E-state index contributed by atoms with van der Waals surface area (Å²) in [5, 5.41) is 8.66. The van der Waals surface area contributed by atoms with Crippen molar-refractivity contribution >= 4 is 5.97 Å². The standard InChI is InChI=1S/C12H13NO3/c1-15-10-5-3-9(4-6-10)11(7-8-13)12(14)16-2/h3-6,11H,7H2,1-2H3. The average Bonchev–Trinajstić information content (AvgIpc) is 2.35. The minimum atomic E-state index is -0.527. The SMILES string of the molecule is COC(=O)C(CC#N)c1ccc(OC)cc1. The fraction of sp³-hybridized carbons (Fsp3) is 0.333. The smallest absolute Gasteiger partial charge is 0.314 e. The lowest BCUT2D eigenvalue weighted by atomic mass is 9.96. The molecule has 1 unspecified atom stereocenters. The summed E-state index contributed by atoms with van der Waals surface area (Å²) in [6.07, 6.45) is 0.110. The number of carbonyl (C=O) groups is 1. The molecule has 16 heavy (non-hydrogen) atoms. The molecule has 0 aliphatic rings. The lowest BCUT2D eigenvalue weighted by Crippen LogP contribution is -2.13. The second-order valence-electron chi connectivity index (χ2n) is 3.21. The van der Waals surface area contributed by atoms with Crippen molar-refractivity contribution in [1.82, 2.24) is 0 Å². The third-order valence-electron chi connectivity index (χ3n) is 2.30. The van der Waals surface area contributed by atoms with Gasteiger partial charge in [-0.25, -0.2) is 0 Å². The summed E-state index contributed by atoms with van der Waals surface area (Å²) in [7, 11) is 2.89. The fourth-order valence-corrected chi connectivity index (χ4v) is 1.41. The van der Waals surface area contributed by atoms with Crippen molar-refractivity contribution in [2.45, 2.75) is 12.3 Å². The molecule has 4 nitrogen and oxygen atoms in total. The maximum absolute atomic E-state index is 11.5. The van der Waals surface area contributed by atoms with Crippen LogP contribution in [0.4, 0.5) is 0 Å². The molecular formula is C12H13NO3.